The van der Waals surface area contributed by atoms with Crippen LogP contribution in [0.4, 0.5) is 0 Å². The van der Waals surface area contributed by atoms with Crippen LogP contribution in [-0.2, 0) is 6.42 Å². The van der Waals surface area contributed by atoms with Gasteiger partial charge in [-0.15, -0.1) is 11.8 Å². The quantitative estimate of drug-likeness (QED) is 0.753. The lowest BCUT2D eigenvalue weighted by molar-refractivity contribution is 0.589. The van der Waals surface area contributed by atoms with Gasteiger partial charge in [0.1, 0.15) is 0 Å². The molecule has 0 saturated carbocycles. The first-order valence-corrected chi connectivity index (χ1v) is 8.52. The predicted molar refractivity (Wildman–Crippen MR) is 94.1 cm³/mol. The van der Waals surface area contributed by atoms with Crippen molar-refractivity contribution in [3.05, 3.63) is 65.2 Å². The molecule has 2 atom stereocenters. The smallest absolute Gasteiger partial charge is 0.0438 e. The van der Waals surface area contributed by atoms with Gasteiger partial charge in [-0.05, 0) is 43.1 Å². The molecule has 1 N–H and O–H groups in total. The third kappa shape index (κ3) is 4.12. The predicted octanol–water partition coefficient (Wildman–Crippen LogP) is 5.00. The van der Waals surface area contributed by atoms with E-state index in [0.29, 0.717) is 11.3 Å². The summed E-state index contributed by atoms with van der Waals surface area (Å²) in [6.07, 6.45) is 1.10. The molecule has 0 aliphatic heterocycles. The fraction of sp³-hybridized carbons (Fsp3) is 0.368. The largest absolute Gasteiger partial charge is 0.312 e. The number of thioether (sulfide) groups is 1. The minimum atomic E-state index is 0.362. The molecule has 112 valence electrons. The molecule has 2 unspecified atom stereocenters. The molecule has 2 heteroatoms. The number of rotatable bonds is 6. The topological polar surface area (TPSA) is 12.0 Å². The zero-order valence-corrected chi connectivity index (χ0v) is 14.2. The van der Waals surface area contributed by atoms with E-state index >= 15 is 0 Å². The van der Waals surface area contributed by atoms with E-state index in [1.165, 1.54) is 21.6 Å². The van der Waals surface area contributed by atoms with E-state index in [-0.39, 0.29) is 0 Å². The number of benzene rings is 2. The first kappa shape index (κ1) is 16.1. The van der Waals surface area contributed by atoms with Gasteiger partial charge in [-0.1, -0.05) is 56.3 Å². The molecule has 0 radical (unpaired) electrons. The Kier molecular flexibility index (Phi) is 5.89. The van der Waals surface area contributed by atoms with Crippen molar-refractivity contribution in [2.24, 2.45) is 0 Å². The Morgan fingerprint density at radius 3 is 2.29 bits per heavy atom. The Bertz CT molecular complexity index is 562. The maximum atomic E-state index is 3.47. The van der Waals surface area contributed by atoms with Crippen molar-refractivity contribution >= 4 is 11.8 Å². The van der Waals surface area contributed by atoms with Crippen LogP contribution in [0.1, 0.15) is 36.6 Å². The molecule has 0 saturated heterocycles. The van der Waals surface area contributed by atoms with E-state index in [1.807, 2.05) is 18.8 Å². The van der Waals surface area contributed by atoms with Crippen molar-refractivity contribution in [2.75, 3.05) is 7.05 Å². The highest BCUT2D eigenvalue weighted by Crippen LogP contribution is 2.33. The van der Waals surface area contributed by atoms with Crippen molar-refractivity contribution in [2.45, 2.75) is 43.4 Å². The van der Waals surface area contributed by atoms with E-state index in [1.54, 1.807) is 0 Å². The van der Waals surface area contributed by atoms with Gasteiger partial charge in [-0.25, -0.2) is 0 Å². The van der Waals surface area contributed by atoms with E-state index in [2.05, 4.69) is 74.6 Å². The van der Waals surface area contributed by atoms with Gasteiger partial charge in [0, 0.05) is 16.2 Å². The summed E-state index contributed by atoms with van der Waals surface area (Å²) in [6.45, 7) is 6.67. The van der Waals surface area contributed by atoms with Gasteiger partial charge in [0.25, 0.3) is 0 Å². The van der Waals surface area contributed by atoms with Crippen molar-refractivity contribution < 1.29 is 0 Å². The van der Waals surface area contributed by atoms with Gasteiger partial charge >= 0.3 is 0 Å². The van der Waals surface area contributed by atoms with Gasteiger partial charge in [0.15, 0.2) is 0 Å². The Morgan fingerprint density at radius 2 is 1.71 bits per heavy atom. The first-order chi connectivity index (χ1) is 10.2. The monoisotopic (exact) mass is 299 g/mol. The van der Waals surface area contributed by atoms with Gasteiger partial charge in [-0.2, -0.15) is 0 Å². The van der Waals surface area contributed by atoms with E-state index in [9.17, 15) is 0 Å². The highest BCUT2D eigenvalue weighted by atomic mass is 32.2. The number of nitrogens with one attached hydrogen (secondary N) is 1. The summed E-state index contributed by atoms with van der Waals surface area (Å²) in [7, 11) is 2.05. The standard InChI is InChI=1S/C19H25NS/c1-5-16-10-12-17(13-11-16)19(20-4)15(3)21-18-9-7-6-8-14(18)2/h6-13,15,19-20H,5H2,1-4H3. The molecular weight excluding hydrogens is 274 g/mol. The van der Waals surface area contributed by atoms with Gasteiger partial charge < -0.3 is 5.32 Å². The van der Waals surface area contributed by atoms with E-state index in [4.69, 9.17) is 0 Å². The lowest BCUT2D eigenvalue weighted by atomic mass is 10.0. The molecule has 0 fully saturated rings. The minimum Gasteiger partial charge on any atom is -0.312 e. The Labute approximate surface area is 133 Å². The van der Waals surface area contributed by atoms with Crippen molar-refractivity contribution in [3.63, 3.8) is 0 Å². The normalized spacial score (nSPS) is 13.9. The molecule has 2 aromatic carbocycles. The molecule has 0 aliphatic rings. The van der Waals surface area contributed by atoms with Crippen LogP contribution in [0.15, 0.2) is 53.4 Å². The van der Waals surface area contributed by atoms with Crippen LogP contribution in [0.3, 0.4) is 0 Å². The first-order valence-electron chi connectivity index (χ1n) is 7.64. The molecule has 0 spiro atoms. The van der Waals surface area contributed by atoms with Gasteiger partial charge in [-0.3, -0.25) is 0 Å². The van der Waals surface area contributed by atoms with Crippen molar-refractivity contribution in [1.82, 2.24) is 5.32 Å². The molecule has 2 rings (SSSR count). The second kappa shape index (κ2) is 7.67. The lowest BCUT2D eigenvalue weighted by Gasteiger charge is -2.24. The zero-order chi connectivity index (χ0) is 15.2. The lowest BCUT2D eigenvalue weighted by Crippen LogP contribution is -2.25. The zero-order valence-electron chi connectivity index (χ0n) is 13.4. The highest BCUT2D eigenvalue weighted by Gasteiger charge is 2.19. The van der Waals surface area contributed by atoms with Crippen molar-refractivity contribution in [1.29, 1.82) is 0 Å². The Morgan fingerprint density at radius 1 is 1.05 bits per heavy atom. The fourth-order valence-electron chi connectivity index (χ4n) is 2.59. The second-order valence-corrected chi connectivity index (χ2v) is 6.87. The summed E-state index contributed by atoms with van der Waals surface area (Å²) in [6, 6.07) is 18.0. The SMILES string of the molecule is CCc1ccc(C(NC)C(C)Sc2ccccc2C)cc1. The third-order valence-corrected chi connectivity index (χ3v) is 5.29. The third-order valence-electron chi connectivity index (χ3n) is 3.93. The van der Waals surface area contributed by atoms with Crippen LogP contribution in [0.5, 0.6) is 0 Å². The number of hydrogen-bond donors (Lipinski definition) is 1. The Balaban J connectivity index is 2.14. The molecule has 21 heavy (non-hydrogen) atoms. The van der Waals surface area contributed by atoms with Crippen LogP contribution in [0.25, 0.3) is 0 Å². The molecule has 0 amide bonds. The van der Waals surface area contributed by atoms with Crippen LogP contribution in [0.2, 0.25) is 0 Å². The van der Waals surface area contributed by atoms with Crippen LogP contribution < -0.4 is 5.32 Å². The molecule has 1 nitrogen and oxygen atoms in total. The summed E-state index contributed by atoms with van der Waals surface area (Å²) < 4.78 is 0. The molecule has 0 bridgehead atoms. The average Bonchev–Trinajstić information content (AvgIpc) is 2.51. The van der Waals surface area contributed by atoms with Crippen LogP contribution in [0, 0.1) is 6.92 Å². The second-order valence-electron chi connectivity index (χ2n) is 5.45. The van der Waals surface area contributed by atoms with Crippen LogP contribution >= 0.6 is 11.8 Å². The number of aryl methyl sites for hydroxylation is 2. The van der Waals surface area contributed by atoms with Gasteiger partial charge in [0.2, 0.25) is 0 Å². The van der Waals surface area contributed by atoms with E-state index < -0.39 is 0 Å². The molecule has 0 aliphatic carbocycles. The highest BCUT2D eigenvalue weighted by molar-refractivity contribution is 8.00. The molecule has 2 aromatic rings. The fourth-order valence-corrected chi connectivity index (χ4v) is 3.83. The van der Waals surface area contributed by atoms with Gasteiger partial charge in [0.05, 0.1) is 0 Å². The van der Waals surface area contributed by atoms with Crippen molar-refractivity contribution in [3.8, 4) is 0 Å². The maximum absolute atomic E-state index is 3.47. The summed E-state index contributed by atoms with van der Waals surface area (Å²) in [5.74, 6) is 0. The molecule has 0 heterocycles. The summed E-state index contributed by atoms with van der Waals surface area (Å²) >= 11 is 1.95. The Hall–Kier alpha value is -1.25. The minimum absolute atomic E-state index is 0.362. The summed E-state index contributed by atoms with van der Waals surface area (Å²) in [4.78, 5) is 1.37. The number of hydrogen-bond acceptors (Lipinski definition) is 2. The maximum Gasteiger partial charge on any atom is 0.0438 e. The van der Waals surface area contributed by atoms with Crippen LogP contribution in [-0.4, -0.2) is 12.3 Å². The average molecular weight is 299 g/mol. The summed E-state index contributed by atoms with van der Waals surface area (Å²) in [5.41, 5.74) is 4.11. The summed E-state index contributed by atoms with van der Waals surface area (Å²) in [5, 5.41) is 3.95. The van der Waals surface area contributed by atoms with E-state index in [0.717, 1.165) is 6.42 Å². The molecular formula is C19H25NS. The molecule has 0 aromatic heterocycles.